The first-order valence-electron chi connectivity index (χ1n) is 4.08. The van der Waals surface area contributed by atoms with Crippen LogP contribution in [0, 0.1) is 6.92 Å². The Hall–Kier alpha value is -1.72. The van der Waals surface area contributed by atoms with Crippen molar-refractivity contribution >= 4 is 11.6 Å². The molecule has 1 rings (SSSR count). The van der Waals surface area contributed by atoms with Crippen molar-refractivity contribution in [3.63, 3.8) is 0 Å². The van der Waals surface area contributed by atoms with E-state index in [4.69, 9.17) is 11.5 Å². The highest BCUT2D eigenvalue weighted by Crippen LogP contribution is 2.33. The third-order valence-electron chi connectivity index (χ3n) is 1.78. The number of halogens is 3. The van der Waals surface area contributed by atoms with Gasteiger partial charge in [0, 0.05) is 0 Å². The SMILES string of the molecule is Cc1ccc(N=C(N)N)cc1C(F)(F)F. The third-order valence-corrected chi connectivity index (χ3v) is 1.78. The van der Waals surface area contributed by atoms with Crippen LogP contribution in [-0.2, 0) is 6.18 Å². The van der Waals surface area contributed by atoms with E-state index in [0.717, 1.165) is 6.07 Å². The minimum Gasteiger partial charge on any atom is -0.370 e. The van der Waals surface area contributed by atoms with Crippen LogP contribution in [0.5, 0.6) is 0 Å². The summed E-state index contributed by atoms with van der Waals surface area (Å²) in [5.74, 6) is -0.271. The molecule has 0 radical (unpaired) electrons. The average Bonchev–Trinajstić information content (AvgIpc) is 2.05. The summed E-state index contributed by atoms with van der Waals surface area (Å²) in [7, 11) is 0. The number of hydrogen-bond donors (Lipinski definition) is 2. The van der Waals surface area contributed by atoms with Gasteiger partial charge in [-0.1, -0.05) is 6.07 Å². The van der Waals surface area contributed by atoms with Crippen LogP contribution in [0.25, 0.3) is 0 Å². The van der Waals surface area contributed by atoms with Crippen LogP contribution in [0.4, 0.5) is 18.9 Å². The van der Waals surface area contributed by atoms with E-state index in [0.29, 0.717) is 0 Å². The van der Waals surface area contributed by atoms with Crippen molar-refractivity contribution in [1.82, 2.24) is 0 Å². The Kier molecular flexibility index (Phi) is 2.88. The van der Waals surface area contributed by atoms with Gasteiger partial charge in [-0.05, 0) is 24.6 Å². The molecular formula is C9H10F3N3. The van der Waals surface area contributed by atoms with Crippen LogP contribution in [0.3, 0.4) is 0 Å². The van der Waals surface area contributed by atoms with E-state index in [1.165, 1.54) is 19.1 Å². The number of nitrogens with zero attached hydrogens (tertiary/aromatic N) is 1. The molecule has 4 N–H and O–H groups in total. The molecular weight excluding hydrogens is 207 g/mol. The van der Waals surface area contributed by atoms with Gasteiger partial charge in [0.1, 0.15) is 0 Å². The summed E-state index contributed by atoms with van der Waals surface area (Å²) < 4.78 is 37.4. The molecule has 0 amide bonds. The Morgan fingerprint density at radius 1 is 1.27 bits per heavy atom. The zero-order valence-electron chi connectivity index (χ0n) is 7.97. The summed E-state index contributed by atoms with van der Waals surface area (Å²) in [6.45, 7) is 1.38. The molecule has 0 saturated carbocycles. The minimum atomic E-state index is -4.39. The first-order valence-corrected chi connectivity index (χ1v) is 4.08. The zero-order chi connectivity index (χ0) is 11.6. The van der Waals surface area contributed by atoms with Gasteiger partial charge >= 0.3 is 6.18 Å². The third kappa shape index (κ3) is 2.87. The van der Waals surface area contributed by atoms with E-state index in [2.05, 4.69) is 4.99 Å². The first kappa shape index (κ1) is 11.4. The lowest BCUT2D eigenvalue weighted by Gasteiger charge is -2.10. The number of nitrogens with two attached hydrogens (primary N) is 2. The summed E-state index contributed by atoms with van der Waals surface area (Å²) in [6.07, 6.45) is -4.39. The number of rotatable bonds is 1. The van der Waals surface area contributed by atoms with Gasteiger partial charge in [-0.3, -0.25) is 0 Å². The topological polar surface area (TPSA) is 64.4 Å². The standard InChI is InChI=1S/C9H10F3N3/c1-5-2-3-6(15-8(13)14)4-7(5)9(10,11)12/h2-4H,1H3,(H4,13,14,15). The maximum atomic E-state index is 12.5. The van der Waals surface area contributed by atoms with E-state index >= 15 is 0 Å². The molecule has 0 unspecified atom stereocenters. The van der Waals surface area contributed by atoms with E-state index in [-0.39, 0.29) is 17.2 Å². The van der Waals surface area contributed by atoms with Crippen LogP contribution < -0.4 is 11.5 Å². The lowest BCUT2D eigenvalue weighted by molar-refractivity contribution is -0.138. The van der Waals surface area contributed by atoms with Gasteiger partial charge in [-0.15, -0.1) is 0 Å². The van der Waals surface area contributed by atoms with E-state index in [1.54, 1.807) is 0 Å². The fourth-order valence-electron chi connectivity index (χ4n) is 1.13. The largest absolute Gasteiger partial charge is 0.416 e. The van der Waals surface area contributed by atoms with Gasteiger partial charge in [0.2, 0.25) is 0 Å². The molecule has 1 aromatic carbocycles. The number of guanidine groups is 1. The molecule has 0 spiro atoms. The average molecular weight is 217 g/mol. The number of aliphatic imine (C=N–C) groups is 1. The van der Waals surface area contributed by atoms with Crippen LogP contribution in [0.2, 0.25) is 0 Å². The highest BCUT2D eigenvalue weighted by molar-refractivity contribution is 5.79. The maximum Gasteiger partial charge on any atom is 0.416 e. The zero-order valence-corrected chi connectivity index (χ0v) is 7.97. The van der Waals surface area contributed by atoms with E-state index in [9.17, 15) is 13.2 Å². The van der Waals surface area contributed by atoms with Crippen molar-refractivity contribution in [2.75, 3.05) is 0 Å². The molecule has 0 heterocycles. The molecule has 6 heteroatoms. The monoisotopic (exact) mass is 217 g/mol. The molecule has 0 aromatic heterocycles. The van der Waals surface area contributed by atoms with Gasteiger partial charge in [0.25, 0.3) is 0 Å². The fraction of sp³-hybridized carbons (Fsp3) is 0.222. The Bertz CT molecular complexity index is 392. The van der Waals surface area contributed by atoms with Crippen LogP contribution in [0.15, 0.2) is 23.2 Å². The molecule has 0 aliphatic heterocycles. The van der Waals surface area contributed by atoms with Gasteiger partial charge in [0.15, 0.2) is 5.96 Å². The number of aryl methyl sites for hydroxylation is 1. The summed E-state index contributed by atoms with van der Waals surface area (Å²) in [6, 6.07) is 3.66. The van der Waals surface area contributed by atoms with Crippen molar-refractivity contribution in [2.24, 2.45) is 16.5 Å². The van der Waals surface area contributed by atoms with Crippen molar-refractivity contribution in [1.29, 1.82) is 0 Å². The van der Waals surface area contributed by atoms with Gasteiger partial charge in [-0.2, -0.15) is 13.2 Å². The second kappa shape index (κ2) is 3.80. The predicted octanol–water partition coefficient (Wildman–Crippen LogP) is 1.92. The van der Waals surface area contributed by atoms with Crippen molar-refractivity contribution < 1.29 is 13.2 Å². The van der Waals surface area contributed by atoms with Crippen molar-refractivity contribution in [3.8, 4) is 0 Å². The second-order valence-corrected chi connectivity index (χ2v) is 3.03. The van der Waals surface area contributed by atoms with Gasteiger partial charge in [0.05, 0.1) is 11.3 Å². The molecule has 82 valence electrons. The summed E-state index contributed by atoms with van der Waals surface area (Å²) in [5.41, 5.74) is 9.63. The molecule has 0 fully saturated rings. The lowest BCUT2D eigenvalue weighted by atomic mass is 10.1. The second-order valence-electron chi connectivity index (χ2n) is 3.03. The van der Waals surface area contributed by atoms with Crippen LogP contribution in [-0.4, -0.2) is 5.96 Å². The highest BCUT2D eigenvalue weighted by Gasteiger charge is 2.32. The molecule has 0 aliphatic rings. The van der Waals surface area contributed by atoms with Crippen molar-refractivity contribution in [2.45, 2.75) is 13.1 Å². The normalized spacial score (nSPS) is 11.2. The molecule has 15 heavy (non-hydrogen) atoms. The Balaban J connectivity index is 3.23. The molecule has 0 saturated heterocycles. The highest BCUT2D eigenvalue weighted by atomic mass is 19.4. The first-order chi connectivity index (χ1) is 6.80. The number of hydrogen-bond acceptors (Lipinski definition) is 1. The summed E-state index contributed by atoms with van der Waals surface area (Å²) >= 11 is 0. The molecule has 1 aromatic rings. The van der Waals surface area contributed by atoms with E-state index < -0.39 is 11.7 Å². The van der Waals surface area contributed by atoms with Gasteiger partial charge in [-0.25, -0.2) is 4.99 Å². The predicted molar refractivity (Wildman–Crippen MR) is 51.7 cm³/mol. The Morgan fingerprint density at radius 2 is 1.87 bits per heavy atom. The molecule has 0 aliphatic carbocycles. The smallest absolute Gasteiger partial charge is 0.370 e. The van der Waals surface area contributed by atoms with Crippen LogP contribution >= 0.6 is 0 Å². The number of benzene rings is 1. The molecule has 3 nitrogen and oxygen atoms in total. The lowest BCUT2D eigenvalue weighted by Crippen LogP contribution is -2.22. The number of alkyl halides is 3. The van der Waals surface area contributed by atoms with Gasteiger partial charge < -0.3 is 11.5 Å². The minimum absolute atomic E-state index is 0.0907. The quantitative estimate of drug-likeness (QED) is 0.557. The van der Waals surface area contributed by atoms with Crippen LogP contribution in [0.1, 0.15) is 11.1 Å². The summed E-state index contributed by atoms with van der Waals surface area (Å²) in [4.78, 5) is 3.55. The Morgan fingerprint density at radius 3 is 2.33 bits per heavy atom. The fourth-order valence-corrected chi connectivity index (χ4v) is 1.13. The molecule has 0 atom stereocenters. The summed E-state index contributed by atoms with van der Waals surface area (Å²) in [5, 5.41) is 0. The Labute approximate surface area is 84.6 Å². The van der Waals surface area contributed by atoms with E-state index in [1.807, 2.05) is 0 Å². The maximum absolute atomic E-state index is 12.5. The van der Waals surface area contributed by atoms with Crippen molar-refractivity contribution in [3.05, 3.63) is 29.3 Å². The molecule has 0 bridgehead atoms.